The summed E-state index contributed by atoms with van der Waals surface area (Å²) in [5.41, 5.74) is 8.32. The van der Waals surface area contributed by atoms with Gasteiger partial charge in [0, 0.05) is 45.3 Å². The highest BCUT2D eigenvalue weighted by Crippen LogP contribution is 2.73. The number of carbonyl (C=O) groups is 1. The fourth-order valence-electron chi connectivity index (χ4n) is 12.7. The number of allylic oxidation sites excluding steroid dienone is 2. The van der Waals surface area contributed by atoms with Crippen molar-refractivity contribution in [1.82, 2.24) is 4.98 Å². The van der Waals surface area contributed by atoms with Gasteiger partial charge in [-0.1, -0.05) is 32.4 Å². The number of aromatic amines is 1. The van der Waals surface area contributed by atoms with Crippen molar-refractivity contribution < 1.29 is 29.6 Å². The highest BCUT2D eigenvalue weighted by atomic mass is 16.6. The lowest BCUT2D eigenvalue weighted by Gasteiger charge is -2.65. The van der Waals surface area contributed by atoms with Gasteiger partial charge in [0.1, 0.15) is 0 Å². The predicted octanol–water partition coefficient (Wildman–Crippen LogP) is 8.47. The molecule has 6 aliphatic rings. The van der Waals surface area contributed by atoms with Gasteiger partial charge in [-0.25, -0.2) is 4.79 Å². The number of fused-ring (bicyclic) bond motifs is 12. The third-order valence-electron chi connectivity index (χ3n) is 15.0. The molecule has 0 bridgehead atoms. The van der Waals surface area contributed by atoms with E-state index in [1.807, 2.05) is 0 Å². The Morgan fingerprint density at radius 2 is 1.76 bits per heavy atom. The number of aliphatic carboxylic acids is 1. The smallest absolute Gasteiger partial charge is 0.331 e. The van der Waals surface area contributed by atoms with Gasteiger partial charge < -0.3 is 29.8 Å². The maximum atomic E-state index is 12.2. The molecule has 7 nitrogen and oxygen atoms in total. The van der Waals surface area contributed by atoms with Crippen molar-refractivity contribution in [2.75, 3.05) is 0 Å². The van der Waals surface area contributed by atoms with Gasteiger partial charge in [0.15, 0.2) is 5.79 Å². The van der Waals surface area contributed by atoms with Crippen molar-refractivity contribution in [1.29, 1.82) is 0 Å². The van der Waals surface area contributed by atoms with Gasteiger partial charge in [-0.15, -0.1) is 0 Å². The van der Waals surface area contributed by atoms with Crippen LogP contribution in [0.2, 0.25) is 0 Å². The van der Waals surface area contributed by atoms with Gasteiger partial charge in [0.05, 0.1) is 23.4 Å². The number of rotatable bonds is 4. The molecular weight excluding hydrogens is 626 g/mol. The molecule has 0 radical (unpaired) electrons. The van der Waals surface area contributed by atoms with E-state index in [9.17, 15) is 20.1 Å². The van der Waals surface area contributed by atoms with Crippen LogP contribution in [0.1, 0.15) is 135 Å². The Morgan fingerprint density at radius 1 is 1.04 bits per heavy atom. The van der Waals surface area contributed by atoms with Crippen LogP contribution in [0.3, 0.4) is 0 Å². The van der Waals surface area contributed by atoms with Gasteiger partial charge in [0.25, 0.3) is 0 Å². The highest BCUT2D eigenvalue weighted by Gasteiger charge is 2.72. The Balaban J connectivity index is 1.28. The number of hydrogen-bond acceptors (Lipinski definition) is 5. The third-order valence-corrected chi connectivity index (χ3v) is 15.0. The lowest BCUT2D eigenvalue weighted by atomic mass is 9.40. The lowest BCUT2D eigenvalue weighted by Crippen LogP contribution is -2.65. The fourth-order valence-corrected chi connectivity index (χ4v) is 12.7. The van der Waals surface area contributed by atoms with Gasteiger partial charge in [-0.3, -0.25) is 0 Å². The highest BCUT2D eigenvalue weighted by molar-refractivity contribution is 5.96. The molecule has 8 rings (SSSR count). The van der Waals surface area contributed by atoms with Crippen molar-refractivity contribution >= 4 is 22.4 Å². The van der Waals surface area contributed by atoms with E-state index in [1.54, 1.807) is 13.0 Å². The van der Waals surface area contributed by atoms with Crippen molar-refractivity contribution in [3.05, 3.63) is 63.4 Å². The summed E-state index contributed by atoms with van der Waals surface area (Å²) >= 11 is 0. The first-order valence-electron chi connectivity index (χ1n) is 18.9. The number of carboxylic acids is 1. The number of carboxylic acid groups (broad SMARTS) is 1. The van der Waals surface area contributed by atoms with Crippen LogP contribution in [0.15, 0.2) is 35.4 Å². The van der Waals surface area contributed by atoms with Crippen LogP contribution < -0.4 is 0 Å². The molecule has 4 aliphatic carbocycles. The molecule has 0 unspecified atom stereocenters. The fraction of sp³-hybridized carbons (Fsp3) is 0.651. The predicted molar refractivity (Wildman–Crippen MR) is 196 cm³/mol. The van der Waals surface area contributed by atoms with Crippen molar-refractivity contribution in [2.24, 2.45) is 28.6 Å². The number of nitrogens with one attached hydrogen (secondary N) is 1. The zero-order valence-corrected chi connectivity index (χ0v) is 31.7. The quantitative estimate of drug-likeness (QED) is 0.190. The Bertz CT molecular complexity index is 1920. The zero-order valence-electron chi connectivity index (χ0n) is 31.7. The molecule has 2 aliphatic heterocycles. The Morgan fingerprint density at radius 3 is 2.44 bits per heavy atom. The largest absolute Gasteiger partial charge is 0.478 e. The van der Waals surface area contributed by atoms with Crippen LogP contribution >= 0.6 is 0 Å². The minimum atomic E-state index is -1.29. The van der Waals surface area contributed by atoms with Crippen LogP contribution in [0.5, 0.6) is 0 Å². The van der Waals surface area contributed by atoms with Gasteiger partial charge in [0.2, 0.25) is 0 Å². The van der Waals surface area contributed by atoms with Crippen LogP contribution in [0, 0.1) is 28.6 Å². The normalized spacial score (nSPS) is 40.7. The molecule has 1 aromatic heterocycles. The van der Waals surface area contributed by atoms with E-state index in [1.165, 1.54) is 38.9 Å². The Hall–Kier alpha value is -2.71. The molecule has 4 N–H and O–H groups in total. The molecule has 50 heavy (non-hydrogen) atoms. The summed E-state index contributed by atoms with van der Waals surface area (Å²) < 4.78 is 13.0. The molecule has 270 valence electrons. The second-order valence-corrected chi connectivity index (χ2v) is 18.9. The van der Waals surface area contributed by atoms with E-state index < -0.39 is 40.6 Å². The summed E-state index contributed by atoms with van der Waals surface area (Å²) in [6.07, 6.45) is 11.0. The molecule has 2 aromatic rings. The van der Waals surface area contributed by atoms with Gasteiger partial charge in [-0.2, -0.15) is 0 Å². The summed E-state index contributed by atoms with van der Waals surface area (Å²) in [5, 5.41) is 35.2. The Kier molecular flexibility index (Phi) is 7.19. The van der Waals surface area contributed by atoms with Gasteiger partial charge in [-0.05, 0) is 150 Å². The summed E-state index contributed by atoms with van der Waals surface area (Å²) in [5.74, 6) is -1.69. The molecule has 0 amide bonds. The standard InChI is InChI=1S/C43H57NO6/c1-22(2)11-13-26-32-27(30-21-38(4,5)50-39(6,7)33(30)35(32)45)19-28-29-18-24-12-14-31-40(8,42(24,10)36(29)44-34(26)28)15-16-43(48)41(31,9)20-25(49-43)17-23(3)37(46)47/h11,17,19,21,24-25,31,33,35,44-45,48H,12-16,18,20H2,1-10H3,(H,46,47)/b23-17+/t24-,25+,31+,33+,35+,40-,41-,42+,43-/m0/s1. The number of hydrogen-bond donors (Lipinski definition) is 4. The molecular formula is C43H57NO6. The average Bonchev–Trinajstić information content (AvgIpc) is 3.67. The average molecular weight is 684 g/mol. The number of benzene rings is 1. The van der Waals surface area contributed by atoms with Crippen LogP contribution in [0.4, 0.5) is 0 Å². The Labute approximate surface area is 297 Å². The van der Waals surface area contributed by atoms with E-state index in [0.29, 0.717) is 18.8 Å². The first-order valence-corrected chi connectivity index (χ1v) is 18.9. The van der Waals surface area contributed by atoms with E-state index >= 15 is 0 Å². The number of H-pyrrole nitrogens is 1. The summed E-state index contributed by atoms with van der Waals surface area (Å²) in [4.78, 5) is 15.8. The van der Waals surface area contributed by atoms with Crippen LogP contribution in [-0.4, -0.2) is 49.4 Å². The molecule has 3 fully saturated rings. The van der Waals surface area contributed by atoms with E-state index in [4.69, 9.17) is 9.47 Å². The van der Waals surface area contributed by atoms with Crippen molar-refractivity contribution in [2.45, 2.75) is 149 Å². The van der Waals surface area contributed by atoms with E-state index in [-0.39, 0.29) is 28.2 Å². The van der Waals surface area contributed by atoms with Crippen molar-refractivity contribution in [3.8, 4) is 0 Å². The number of aromatic nitrogens is 1. The minimum absolute atomic E-state index is 0.114. The lowest BCUT2D eigenvalue weighted by molar-refractivity contribution is -0.294. The first kappa shape index (κ1) is 34.4. The van der Waals surface area contributed by atoms with E-state index in [0.717, 1.165) is 43.2 Å². The van der Waals surface area contributed by atoms with Crippen molar-refractivity contribution in [3.63, 3.8) is 0 Å². The summed E-state index contributed by atoms with van der Waals surface area (Å²) in [6, 6.07) is 2.40. The van der Waals surface area contributed by atoms with E-state index in [2.05, 4.69) is 85.5 Å². The first-order chi connectivity index (χ1) is 23.2. The number of ether oxygens (including phenoxy) is 2. The molecule has 0 spiro atoms. The SMILES string of the molecule is CC(C)=CCc1c2c(cc3c4c([nH]c13)[C@@]1(C)[C@@H](CC[C@@H]3[C@]1(C)CC[C@]1(O)O[C@H](/C=C(\C)C(=O)O)C[C@@]31C)C4)C1=CC(C)(C)OC(C)(C)[C@H]1[C@@H]2O. The molecule has 7 heteroatoms. The molecule has 9 atom stereocenters. The number of aliphatic hydroxyl groups is 2. The molecule has 1 saturated heterocycles. The zero-order chi connectivity index (χ0) is 36.1. The van der Waals surface area contributed by atoms with Crippen LogP contribution in [0.25, 0.3) is 16.5 Å². The summed E-state index contributed by atoms with van der Waals surface area (Å²) in [6.45, 7) is 21.5. The molecule has 3 heterocycles. The minimum Gasteiger partial charge on any atom is -0.478 e. The van der Waals surface area contributed by atoms with Gasteiger partial charge >= 0.3 is 5.97 Å². The third kappa shape index (κ3) is 4.33. The van der Waals surface area contributed by atoms with Crippen LogP contribution in [-0.2, 0) is 32.5 Å². The second kappa shape index (κ2) is 10.5. The summed E-state index contributed by atoms with van der Waals surface area (Å²) in [7, 11) is 0. The maximum absolute atomic E-state index is 12.2. The topological polar surface area (TPSA) is 112 Å². The monoisotopic (exact) mass is 683 g/mol. The maximum Gasteiger partial charge on any atom is 0.331 e. The number of aliphatic hydroxyl groups excluding tert-OH is 1. The second-order valence-electron chi connectivity index (χ2n) is 18.9. The molecule has 2 saturated carbocycles. The molecule has 1 aromatic carbocycles.